The monoisotopic (exact) mass is 281 g/mol. The molecule has 1 aromatic carbocycles. The van der Waals surface area contributed by atoms with E-state index < -0.39 is 23.4 Å². The lowest BCUT2D eigenvalue weighted by atomic mass is 9.94. The molecule has 0 unspecified atom stereocenters. The zero-order chi connectivity index (χ0) is 15.4. The lowest BCUT2D eigenvalue weighted by molar-refractivity contribution is 0.0422. The van der Waals surface area contributed by atoms with E-state index in [0.717, 1.165) is 5.56 Å². The Bertz CT molecular complexity index is 432. The molecule has 3 nitrogen and oxygen atoms in total. The first-order valence-electron chi connectivity index (χ1n) is 6.80. The number of carbonyl (C=O) groups excluding carboxylic acids is 1. The normalized spacial score (nSPS) is 13.7. The van der Waals surface area contributed by atoms with Gasteiger partial charge in [-0.25, -0.2) is 9.18 Å². The molecule has 0 aliphatic rings. The minimum absolute atomic E-state index is 0.420. The van der Waals surface area contributed by atoms with Gasteiger partial charge in [0.05, 0.1) is 6.04 Å². The number of alkyl carbamates (subject to hydrolysis) is 1. The summed E-state index contributed by atoms with van der Waals surface area (Å²) in [6, 6.07) is 8.88. The molecule has 0 aromatic heterocycles. The van der Waals surface area contributed by atoms with Crippen LogP contribution in [-0.4, -0.2) is 23.4 Å². The lowest BCUT2D eigenvalue weighted by Gasteiger charge is -2.29. The van der Waals surface area contributed by atoms with Gasteiger partial charge in [-0.3, -0.25) is 0 Å². The number of benzene rings is 1. The number of rotatable bonds is 4. The first kappa shape index (κ1) is 16.5. The molecule has 0 aliphatic heterocycles. The molecule has 0 heterocycles. The second kappa shape index (κ2) is 6.25. The van der Waals surface area contributed by atoms with Gasteiger partial charge < -0.3 is 10.1 Å². The van der Waals surface area contributed by atoms with Crippen molar-refractivity contribution in [2.24, 2.45) is 0 Å². The maximum absolute atomic E-state index is 14.3. The zero-order valence-electron chi connectivity index (χ0n) is 12.9. The van der Waals surface area contributed by atoms with Crippen molar-refractivity contribution in [1.29, 1.82) is 0 Å². The van der Waals surface area contributed by atoms with E-state index in [9.17, 15) is 9.18 Å². The molecule has 0 radical (unpaired) electrons. The van der Waals surface area contributed by atoms with E-state index in [0.29, 0.717) is 6.42 Å². The van der Waals surface area contributed by atoms with Crippen LogP contribution < -0.4 is 5.32 Å². The van der Waals surface area contributed by atoms with Crippen molar-refractivity contribution in [2.45, 2.75) is 58.4 Å². The summed E-state index contributed by atoms with van der Waals surface area (Å²) in [5.41, 5.74) is -1.16. The SMILES string of the molecule is CC(C)(C)OC(=O)N[C@@H](Cc1ccccc1)C(C)(C)F. The molecule has 112 valence electrons. The van der Waals surface area contributed by atoms with Crippen LogP contribution in [0, 0.1) is 0 Å². The van der Waals surface area contributed by atoms with Crippen LogP contribution in [-0.2, 0) is 11.2 Å². The highest BCUT2D eigenvalue weighted by molar-refractivity contribution is 5.68. The Kier molecular flexibility index (Phi) is 5.15. The number of hydrogen-bond acceptors (Lipinski definition) is 2. The Morgan fingerprint density at radius 3 is 2.20 bits per heavy atom. The highest BCUT2D eigenvalue weighted by atomic mass is 19.1. The van der Waals surface area contributed by atoms with Gasteiger partial charge in [0.2, 0.25) is 0 Å². The van der Waals surface area contributed by atoms with Crippen LogP contribution in [0.3, 0.4) is 0 Å². The van der Waals surface area contributed by atoms with E-state index in [4.69, 9.17) is 4.74 Å². The summed E-state index contributed by atoms with van der Waals surface area (Å²) in [4.78, 5) is 11.8. The van der Waals surface area contributed by atoms with Gasteiger partial charge in [0.25, 0.3) is 0 Å². The summed E-state index contributed by atoms with van der Waals surface area (Å²) < 4.78 is 19.4. The number of hydrogen-bond donors (Lipinski definition) is 1. The summed E-state index contributed by atoms with van der Waals surface area (Å²) in [5, 5.41) is 2.63. The molecule has 20 heavy (non-hydrogen) atoms. The second-order valence-electron chi connectivity index (χ2n) is 6.45. The van der Waals surface area contributed by atoms with Crippen LogP contribution in [0.4, 0.5) is 9.18 Å². The Hall–Kier alpha value is -1.58. The Morgan fingerprint density at radius 1 is 1.20 bits per heavy atom. The molecular weight excluding hydrogens is 257 g/mol. The first-order valence-corrected chi connectivity index (χ1v) is 6.80. The smallest absolute Gasteiger partial charge is 0.407 e. The summed E-state index contributed by atoms with van der Waals surface area (Å²) >= 11 is 0. The molecule has 0 bridgehead atoms. The summed E-state index contributed by atoms with van der Waals surface area (Å²) in [6.07, 6.45) is -0.173. The van der Waals surface area contributed by atoms with Crippen LogP contribution in [0.5, 0.6) is 0 Å². The van der Waals surface area contributed by atoms with Crippen molar-refractivity contribution < 1.29 is 13.9 Å². The van der Waals surface area contributed by atoms with E-state index in [-0.39, 0.29) is 0 Å². The van der Waals surface area contributed by atoms with Gasteiger partial charge in [0.1, 0.15) is 11.3 Å². The fourth-order valence-corrected chi connectivity index (χ4v) is 1.76. The third kappa shape index (κ3) is 6.04. The van der Waals surface area contributed by atoms with E-state index >= 15 is 0 Å². The van der Waals surface area contributed by atoms with Gasteiger partial charge in [0.15, 0.2) is 0 Å². The Morgan fingerprint density at radius 2 is 1.75 bits per heavy atom. The molecule has 0 fully saturated rings. The van der Waals surface area contributed by atoms with E-state index in [1.807, 2.05) is 30.3 Å². The fourth-order valence-electron chi connectivity index (χ4n) is 1.76. The molecule has 1 rings (SSSR count). The number of ether oxygens (including phenoxy) is 1. The number of amides is 1. The van der Waals surface area contributed by atoms with Crippen molar-refractivity contribution in [1.82, 2.24) is 5.32 Å². The van der Waals surface area contributed by atoms with Crippen molar-refractivity contribution in [3.05, 3.63) is 35.9 Å². The molecule has 1 aromatic rings. The van der Waals surface area contributed by atoms with Crippen LogP contribution in [0.1, 0.15) is 40.2 Å². The van der Waals surface area contributed by atoms with Crippen molar-refractivity contribution in [3.63, 3.8) is 0 Å². The second-order valence-corrected chi connectivity index (χ2v) is 6.45. The van der Waals surface area contributed by atoms with E-state index in [2.05, 4.69) is 5.32 Å². The van der Waals surface area contributed by atoms with Crippen LogP contribution in [0.15, 0.2) is 30.3 Å². The summed E-state index contributed by atoms with van der Waals surface area (Å²) in [6.45, 7) is 8.24. The molecule has 4 heteroatoms. The highest BCUT2D eigenvalue weighted by Crippen LogP contribution is 2.19. The quantitative estimate of drug-likeness (QED) is 0.909. The average molecular weight is 281 g/mol. The molecule has 1 amide bonds. The van der Waals surface area contributed by atoms with Crippen molar-refractivity contribution in [3.8, 4) is 0 Å². The highest BCUT2D eigenvalue weighted by Gasteiger charge is 2.32. The molecular formula is C16H24FNO2. The number of halogens is 1. The topological polar surface area (TPSA) is 38.3 Å². The molecule has 0 saturated carbocycles. The molecule has 0 saturated heterocycles. The predicted octanol–water partition coefficient (Wildman–Crippen LogP) is 3.87. The Balaban J connectivity index is 2.74. The van der Waals surface area contributed by atoms with Crippen molar-refractivity contribution in [2.75, 3.05) is 0 Å². The predicted molar refractivity (Wildman–Crippen MR) is 78.5 cm³/mol. The van der Waals surface area contributed by atoms with Crippen LogP contribution in [0.2, 0.25) is 0 Å². The number of carbonyl (C=O) groups is 1. The van der Waals surface area contributed by atoms with Crippen LogP contribution >= 0.6 is 0 Å². The summed E-state index contributed by atoms with van der Waals surface area (Å²) in [5.74, 6) is 0. The van der Waals surface area contributed by atoms with Gasteiger partial charge in [-0.05, 0) is 46.6 Å². The fraction of sp³-hybridized carbons (Fsp3) is 0.562. The standard InChI is InChI=1S/C16H24FNO2/c1-15(2,3)20-14(19)18-13(16(4,5)17)11-12-9-7-6-8-10-12/h6-10,13H,11H2,1-5H3,(H,18,19)/t13-/m0/s1. The maximum Gasteiger partial charge on any atom is 0.407 e. The van der Waals surface area contributed by atoms with Gasteiger partial charge in [-0.1, -0.05) is 30.3 Å². The van der Waals surface area contributed by atoms with Gasteiger partial charge in [0, 0.05) is 0 Å². The van der Waals surface area contributed by atoms with Crippen LogP contribution in [0.25, 0.3) is 0 Å². The van der Waals surface area contributed by atoms with E-state index in [1.54, 1.807) is 20.8 Å². The third-order valence-corrected chi connectivity index (χ3v) is 2.80. The number of alkyl halides is 1. The summed E-state index contributed by atoms with van der Waals surface area (Å²) in [7, 11) is 0. The van der Waals surface area contributed by atoms with Gasteiger partial charge in [-0.2, -0.15) is 0 Å². The van der Waals surface area contributed by atoms with Crippen molar-refractivity contribution >= 4 is 6.09 Å². The maximum atomic E-state index is 14.3. The molecule has 1 N–H and O–H groups in total. The van der Waals surface area contributed by atoms with E-state index in [1.165, 1.54) is 13.8 Å². The molecule has 0 spiro atoms. The largest absolute Gasteiger partial charge is 0.444 e. The number of nitrogens with one attached hydrogen (secondary N) is 1. The third-order valence-electron chi connectivity index (χ3n) is 2.80. The molecule has 0 aliphatic carbocycles. The Labute approximate surface area is 120 Å². The zero-order valence-corrected chi connectivity index (χ0v) is 12.9. The van der Waals surface area contributed by atoms with Gasteiger partial charge >= 0.3 is 6.09 Å². The molecule has 1 atom stereocenters. The average Bonchev–Trinajstić information content (AvgIpc) is 2.25. The lowest BCUT2D eigenvalue weighted by Crippen LogP contribution is -2.49. The minimum Gasteiger partial charge on any atom is -0.444 e. The first-order chi connectivity index (χ1) is 9.08. The van der Waals surface area contributed by atoms with Gasteiger partial charge in [-0.15, -0.1) is 0 Å². The minimum atomic E-state index is -1.53.